The van der Waals surface area contributed by atoms with Gasteiger partial charge in [-0.3, -0.25) is 13.9 Å². The number of sulfonamides is 1. The number of hydrogen-bond donors (Lipinski definition) is 1. The molecular formula is C31H39N3O5S. The maximum absolute atomic E-state index is 14.1. The standard InChI is InChI=1S/C31H39N3O5S/c1-4-6-22-32-31(36)27(5-2)33(23-21-25-15-9-7-10-16-25)30(35)24-34(28-19-13-14-20-29(28)39-3)40(37,38)26-17-11-8-12-18-26/h7-20,27H,4-6,21-24H2,1-3H3,(H,32,36). The highest BCUT2D eigenvalue weighted by molar-refractivity contribution is 7.92. The Morgan fingerprint density at radius 1 is 0.900 bits per heavy atom. The Bertz CT molecular complexity index is 1330. The van der Waals surface area contributed by atoms with Crippen LogP contribution in [-0.4, -0.2) is 57.9 Å². The molecule has 3 aromatic rings. The van der Waals surface area contributed by atoms with E-state index < -0.39 is 28.5 Å². The number of nitrogens with one attached hydrogen (secondary N) is 1. The van der Waals surface area contributed by atoms with Gasteiger partial charge in [0.25, 0.3) is 10.0 Å². The highest BCUT2D eigenvalue weighted by atomic mass is 32.2. The number of carbonyl (C=O) groups excluding carboxylic acids is 2. The van der Waals surface area contributed by atoms with Gasteiger partial charge in [-0.05, 0) is 49.1 Å². The lowest BCUT2D eigenvalue weighted by atomic mass is 10.1. The van der Waals surface area contributed by atoms with Crippen LogP contribution in [0.3, 0.4) is 0 Å². The van der Waals surface area contributed by atoms with Crippen LogP contribution < -0.4 is 14.4 Å². The second-order valence-corrected chi connectivity index (χ2v) is 11.3. The Hall–Kier alpha value is -3.85. The van der Waals surface area contributed by atoms with Crippen LogP contribution in [0.4, 0.5) is 5.69 Å². The van der Waals surface area contributed by atoms with Gasteiger partial charge in [-0.25, -0.2) is 8.42 Å². The summed E-state index contributed by atoms with van der Waals surface area (Å²) in [5, 5.41) is 2.94. The molecule has 1 N–H and O–H groups in total. The van der Waals surface area contributed by atoms with Crippen molar-refractivity contribution in [3.8, 4) is 5.75 Å². The number of ether oxygens (including phenoxy) is 1. The number of para-hydroxylation sites is 2. The molecule has 40 heavy (non-hydrogen) atoms. The van der Waals surface area contributed by atoms with E-state index in [0.29, 0.717) is 25.1 Å². The monoisotopic (exact) mass is 565 g/mol. The fourth-order valence-corrected chi connectivity index (χ4v) is 5.92. The van der Waals surface area contributed by atoms with E-state index >= 15 is 0 Å². The quantitative estimate of drug-likeness (QED) is 0.271. The van der Waals surface area contributed by atoms with Crippen LogP contribution in [0.15, 0.2) is 89.8 Å². The minimum absolute atomic E-state index is 0.0499. The molecule has 1 unspecified atom stereocenters. The molecule has 0 bridgehead atoms. The molecule has 0 heterocycles. The third-order valence-corrected chi connectivity index (χ3v) is 8.44. The molecule has 9 heteroatoms. The molecule has 0 aliphatic rings. The molecular weight excluding hydrogens is 526 g/mol. The van der Waals surface area contributed by atoms with E-state index in [9.17, 15) is 18.0 Å². The van der Waals surface area contributed by atoms with Gasteiger partial charge in [0.15, 0.2) is 0 Å². The van der Waals surface area contributed by atoms with Crippen LogP contribution in [0.25, 0.3) is 0 Å². The first-order valence-electron chi connectivity index (χ1n) is 13.6. The van der Waals surface area contributed by atoms with Gasteiger partial charge in [-0.2, -0.15) is 0 Å². The zero-order valence-corrected chi connectivity index (χ0v) is 24.3. The van der Waals surface area contributed by atoms with E-state index in [4.69, 9.17) is 4.74 Å². The molecule has 0 aromatic heterocycles. The number of amides is 2. The SMILES string of the molecule is CCCCNC(=O)C(CC)N(CCc1ccccc1)C(=O)CN(c1ccccc1OC)S(=O)(=O)c1ccccc1. The molecule has 0 aliphatic heterocycles. The van der Waals surface area contributed by atoms with Crippen molar-refractivity contribution in [2.45, 2.75) is 50.5 Å². The summed E-state index contributed by atoms with van der Waals surface area (Å²) in [6.07, 6.45) is 2.67. The van der Waals surface area contributed by atoms with E-state index in [1.165, 1.54) is 24.1 Å². The van der Waals surface area contributed by atoms with E-state index in [-0.39, 0.29) is 23.0 Å². The second-order valence-electron chi connectivity index (χ2n) is 9.39. The van der Waals surface area contributed by atoms with E-state index in [1.54, 1.807) is 42.5 Å². The van der Waals surface area contributed by atoms with Gasteiger partial charge >= 0.3 is 0 Å². The normalized spacial score (nSPS) is 11.9. The number of hydrogen-bond acceptors (Lipinski definition) is 5. The number of rotatable bonds is 15. The zero-order valence-electron chi connectivity index (χ0n) is 23.5. The minimum Gasteiger partial charge on any atom is -0.495 e. The summed E-state index contributed by atoms with van der Waals surface area (Å²) >= 11 is 0. The maximum Gasteiger partial charge on any atom is 0.264 e. The van der Waals surface area contributed by atoms with Crippen LogP contribution in [0, 0.1) is 0 Å². The van der Waals surface area contributed by atoms with Crippen molar-refractivity contribution in [2.75, 3.05) is 31.0 Å². The van der Waals surface area contributed by atoms with Crippen LogP contribution in [0.5, 0.6) is 5.75 Å². The van der Waals surface area contributed by atoms with Crippen molar-refractivity contribution in [3.63, 3.8) is 0 Å². The average molecular weight is 566 g/mol. The number of unbranched alkanes of at least 4 members (excludes halogenated alkanes) is 1. The smallest absolute Gasteiger partial charge is 0.264 e. The summed E-state index contributed by atoms with van der Waals surface area (Å²) in [5.41, 5.74) is 1.26. The van der Waals surface area contributed by atoms with Gasteiger partial charge < -0.3 is 15.0 Å². The number of nitrogens with zero attached hydrogens (tertiary/aromatic N) is 2. The predicted octanol–water partition coefficient (Wildman–Crippen LogP) is 4.66. The van der Waals surface area contributed by atoms with Crippen molar-refractivity contribution in [2.24, 2.45) is 0 Å². The average Bonchev–Trinajstić information content (AvgIpc) is 2.98. The molecule has 0 saturated heterocycles. The predicted molar refractivity (Wildman–Crippen MR) is 158 cm³/mol. The lowest BCUT2D eigenvalue weighted by molar-refractivity contribution is -0.139. The maximum atomic E-state index is 14.1. The topological polar surface area (TPSA) is 96.0 Å². The fraction of sp³-hybridized carbons (Fsp3) is 0.355. The number of carbonyl (C=O) groups is 2. The molecule has 3 rings (SSSR count). The molecule has 8 nitrogen and oxygen atoms in total. The summed E-state index contributed by atoms with van der Waals surface area (Å²) in [4.78, 5) is 28.8. The Morgan fingerprint density at radius 2 is 1.52 bits per heavy atom. The molecule has 3 aromatic carbocycles. The first-order valence-corrected chi connectivity index (χ1v) is 15.1. The highest BCUT2D eigenvalue weighted by Gasteiger charge is 2.34. The van der Waals surface area contributed by atoms with Gasteiger partial charge in [0.05, 0.1) is 17.7 Å². The lowest BCUT2D eigenvalue weighted by Gasteiger charge is -2.33. The minimum atomic E-state index is -4.15. The first kappa shape index (κ1) is 30.7. The van der Waals surface area contributed by atoms with Crippen molar-refractivity contribution >= 4 is 27.5 Å². The van der Waals surface area contributed by atoms with E-state index in [1.807, 2.05) is 44.2 Å². The van der Waals surface area contributed by atoms with Gasteiger partial charge in [0, 0.05) is 13.1 Å². The van der Waals surface area contributed by atoms with Crippen molar-refractivity contribution < 1.29 is 22.7 Å². The van der Waals surface area contributed by atoms with Gasteiger partial charge in [-0.1, -0.05) is 80.9 Å². The largest absolute Gasteiger partial charge is 0.495 e. The zero-order chi connectivity index (χ0) is 29.0. The third kappa shape index (κ3) is 7.85. The molecule has 0 saturated carbocycles. The molecule has 1 atom stereocenters. The van der Waals surface area contributed by atoms with E-state index in [2.05, 4.69) is 5.32 Å². The van der Waals surface area contributed by atoms with Crippen LogP contribution in [0.2, 0.25) is 0 Å². The lowest BCUT2D eigenvalue weighted by Crippen LogP contribution is -2.53. The van der Waals surface area contributed by atoms with Gasteiger partial charge in [-0.15, -0.1) is 0 Å². The summed E-state index contributed by atoms with van der Waals surface area (Å²) in [6.45, 7) is 4.17. The number of benzene rings is 3. The van der Waals surface area contributed by atoms with Gasteiger partial charge in [0.2, 0.25) is 11.8 Å². The summed E-state index contributed by atoms with van der Waals surface area (Å²) in [7, 11) is -2.70. The van der Waals surface area contributed by atoms with Crippen molar-refractivity contribution in [1.82, 2.24) is 10.2 Å². The van der Waals surface area contributed by atoms with E-state index in [0.717, 1.165) is 22.7 Å². The molecule has 0 fully saturated rings. The Kier molecular flexibility index (Phi) is 11.6. The molecule has 214 valence electrons. The first-order chi connectivity index (χ1) is 19.3. The molecule has 2 amide bonds. The van der Waals surface area contributed by atoms with Crippen LogP contribution in [-0.2, 0) is 26.0 Å². The summed E-state index contributed by atoms with van der Waals surface area (Å²) in [5.74, 6) is -0.402. The second kappa shape index (κ2) is 15.1. The van der Waals surface area contributed by atoms with Gasteiger partial charge in [0.1, 0.15) is 18.3 Å². The highest BCUT2D eigenvalue weighted by Crippen LogP contribution is 2.32. The summed E-state index contributed by atoms with van der Waals surface area (Å²) < 4.78 is 34.4. The number of methoxy groups -OCH3 is 1. The third-order valence-electron chi connectivity index (χ3n) is 6.66. The Morgan fingerprint density at radius 3 is 2.15 bits per heavy atom. The summed E-state index contributed by atoms with van der Waals surface area (Å²) in [6, 6.07) is 23.6. The Labute approximate surface area is 238 Å². The van der Waals surface area contributed by atoms with Crippen LogP contribution in [0.1, 0.15) is 38.7 Å². The molecule has 0 radical (unpaired) electrons. The van der Waals surface area contributed by atoms with Crippen molar-refractivity contribution in [3.05, 3.63) is 90.5 Å². The molecule has 0 aliphatic carbocycles. The molecule has 0 spiro atoms. The fourth-order valence-electron chi connectivity index (χ4n) is 4.47. The van der Waals surface area contributed by atoms with Crippen molar-refractivity contribution in [1.29, 1.82) is 0 Å². The Balaban J connectivity index is 2.00. The number of anilines is 1. The van der Waals surface area contributed by atoms with Crippen LogP contribution >= 0.6 is 0 Å².